The molecule has 0 radical (unpaired) electrons. The Morgan fingerprint density at radius 1 is 1.38 bits per heavy atom. The van der Waals surface area contributed by atoms with E-state index < -0.39 is 8.32 Å². The maximum atomic E-state index is 12.4. The molecule has 144 valence electrons. The predicted octanol–water partition coefficient (Wildman–Crippen LogP) is 3.56. The van der Waals surface area contributed by atoms with Crippen molar-refractivity contribution in [1.29, 1.82) is 0 Å². The number of anilines is 1. The summed E-state index contributed by atoms with van der Waals surface area (Å²) >= 11 is 0. The molecule has 1 amide bonds. The highest BCUT2D eigenvalue weighted by atomic mass is 28.4. The number of nitrogens with zero attached hydrogens (tertiary/aromatic N) is 2. The molecule has 1 aromatic rings. The third-order valence-electron chi connectivity index (χ3n) is 6.61. The highest BCUT2D eigenvalue weighted by Crippen LogP contribution is 2.63. The fourth-order valence-corrected chi connectivity index (χ4v) is 5.17. The van der Waals surface area contributed by atoms with E-state index in [2.05, 4.69) is 44.2 Å². The van der Waals surface area contributed by atoms with Crippen LogP contribution in [0.4, 0.5) is 5.82 Å². The van der Waals surface area contributed by atoms with Gasteiger partial charge in [0.25, 0.3) is 0 Å². The van der Waals surface area contributed by atoms with Gasteiger partial charge in [0.15, 0.2) is 8.32 Å². The van der Waals surface area contributed by atoms with Crippen molar-refractivity contribution in [3.05, 3.63) is 22.7 Å². The van der Waals surface area contributed by atoms with Crippen molar-refractivity contribution in [3.8, 4) is 0 Å². The Labute approximate surface area is 156 Å². The van der Waals surface area contributed by atoms with Crippen LogP contribution in [-0.2, 0) is 9.22 Å². The van der Waals surface area contributed by atoms with E-state index in [1.54, 1.807) is 16.8 Å². The van der Waals surface area contributed by atoms with E-state index in [-0.39, 0.29) is 28.1 Å². The lowest BCUT2D eigenvalue weighted by molar-refractivity contribution is -0.114. The van der Waals surface area contributed by atoms with Gasteiger partial charge in [0, 0.05) is 25.8 Å². The van der Waals surface area contributed by atoms with Gasteiger partial charge in [-0.15, -0.1) is 0 Å². The van der Waals surface area contributed by atoms with Crippen LogP contribution in [0.25, 0.3) is 0 Å². The summed E-state index contributed by atoms with van der Waals surface area (Å²) in [6.45, 7) is 13.6. The maximum absolute atomic E-state index is 12.4. The molecule has 3 aliphatic carbocycles. The van der Waals surface area contributed by atoms with Crippen molar-refractivity contribution in [2.45, 2.75) is 71.1 Å². The van der Waals surface area contributed by atoms with Crippen LogP contribution < -0.4 is 11.0 Å². The SMILES string of the molecule is CC(=O)Nc1ccn([C@@H]2CC3(CO[Si](C)(C)C(C)(C)C)CC2C3)c(=O)n1. The topological polar surface area (TPSA) is 73.2 Å². The van der Waals surface area contributed by atoms with E-state index in [1.165, 1.54) is 6.92 Å². The second-order valence-corrected chi connectivity index (χ2v) is 14.5. The Morgan fingerprint density at radius 2 is 2.04 bits per heavy atom. The van der Waals surface area contributed by atoms with Gasteiger partial charge in [-0.3, -0.25) is 9.36 Å². The molecule has 1 N–H and O–H groups in total. The van der Waals surface area contributed by atoms with Crippen LogP contribution in [0.2, 0.25) is 18.1 Å². The predicted molar refractivity (Wildman–Crippen MR) is 105 cm³/mol. The zero-order valence-corrected chi connectivity index (χ0v) is 17.8. The van der Waals surface area contributed by atoms with E-state index in [1.807, 2.05) is 0 Å². The fourth-order valence-electron chi connectivity index (χ4n) is 4.07. The number of aromatic nitrogens is 2. The van der Waals surface area contributed by atoms with Crippen LogP contribution in [0.1, 0.15) is 53.0 Å². The minimum absolute atomic E-state index is 0.199. The average molecular weight is 378 g/mol. The molecular formula is C19H31N3O3Si. The van der Waals surface area contributed by atoms with Gasteiger partial charge in [-0.05, 0) is 54.8 Å². The van der Waals surface area contributed by atoms with Gasteiger partial charge in [-0.1, -0.05) is 20.8 Å². The molecule has 1 heterocycles. The van der Waals surface area contributed by atoms with Crippen LogP contribution >= 0.6 is 0 Å². The molecule has 0 aromatic carbocycles. The highest BCUT2D eigenvalue weighted by molar-refractivity contribution is 6.74. The first-order chi connectivity index (χ1) is 11.9. The number of fused-ring (bicyclic) bond motifs is 1. The van der Waals surface area contributed by atoms with Crippen molar-refractivity contribution in [2.75, 3.05) is 11.9 Å². The normalized spacial score (nSPS) is 27.9. The van der Waals surface area contributed by atoms with Gasteiger partial charge in [-0.2, -0.15) is 4.98 Å². The summed E-state index contributed by atoms with van der Waals surface area (Å²) in [6, 6.07) is 1.90. The van der Waals surface area contributed by atoms with E-state index >= 15 is 0 Å². The van der Waals surface area contributed by atoms with Gasteiger partial charge in [-0.25, -0.2) is 4.79 Å². The standard InChI is InChI=1S/C19H31N3O3Si/c1-13(23)20-16-7-8-22(17(24)21-16)15-11-19(9-14(15)10-19)12-25-26(5,6)18(2,3)4/h7-8,14-15H,9-12H2,1-6H3,(H,20,21,23,24)/t14?,15-,19?/m1/s1. The molecule has 0 spiro atoms. The van der Waals surface area contributed by atoms with Crippen molar-refractivity contribution in [3.63, 3.8) is 0 Å². The third kappa shape index (κ3) is 3.51. The lowest BCUT2D eigenvalue weighted by Gasteiger charge is -2.43. The zero-order valence-electron chi connectivity index (χ0n) is 16.8. The molecule has 1 aromatic heterocycles. The molecule has 0 unspecified atom stereocenters. The number of rotatable bonds is 5. The van der Waals surface area contributed by atoms with Crippen LogP contribution in [0.3, 0.4) is 0 Å². The average Bonchev–Trinajstić information content (AvgIpc) is 2.98. The van der Waals surface area contributed by atoms with Gasteiger partial charge < -0.3 is 9.74 Å². The van der Waals surface area contributed by atoms with Crippen LogP contribution in [0.5, 0.6) is 0 Å². The van der Waals surface area contributed by atoms with Gasteiger partial charge in [0.1, 0.15) is 5.82 Å². The van der Waals surface area contributed by atoms with Crippen LogP contribution in [0.15, 0.2) is 17.1 Å². The Morgan fingerprint density at radius 3 is 2.58 bits per heavy atom. The quantitative estimate of drug-likeness (QED) is 0.796. The lowest BCUT2D eigenvalue weighted by atomic mass is 9.70. The van der Waals surface area contributed by atoms with E-state index in [9.17, 15) is 9.59 Å². The van der Waals surface area contributed by atoms with Crippen molar-refractivity contribution in [2.24, 2.45) is 11.3 Å². The molecular weight excluding hydrogens is 346 g/mol. The first kappa shape index (κ1) is 19.3. The summed E-state index contributed by atoms with van der Waals surface area (Å²) in [6.07, 6.45) is 5.01. The van der Waals surface area contributed by atoms with Crippen LogP contribution in [-0.4, -0.2) is 30.4 Å². The molecule has 7 heteroatoms. The maximum Gasteiger partial charge on any atom is 0.349 e. The molecule has 2 bridgehead atoms. The van der Waals surface area contributed by atoms with Gasteiger partial charge >= 0.3 is 5.69 Å². The van der Waals surface area contributed by atoms with Crippen LogP contribution in [0, 0.1) is 11.3 Å². The zero-order chi connectivity index (χ0) is 19.3. The first-order valence-corrected chi connectivity index (χ1v) is 12.3. The molecule has 6 nitrogen and oxygen atoms in total. The third-order valence-corrected chi connectivity index (χ3v) is 11.1. The molecule has 3 fully saturated rings. The van der Waals surface area contributed by atoms with Gasteiger partial charge in [0.2, 0.25) is 5.91 Å². The van der Waals surface area contributed by atoms with E-state index in [4.69, 9.17) is 4.43 Å². The lowest BCUT2D eigenvalue weighted by Crippen LogP contribution is -2.45. The molecule has 4 rings (SSSR count). The summed E-state index contributed by atoms with van der Waals surface area (Å²) in [5.74, 6) is 0.628. The number of carbonyl (C=O) groups excluding carboxylic acids is 1. The smallest absolute Gasteiger partial charge is 0.349 e. The second kappa shape index (κ2) is 6.30. The van der Waals surface area contributed by atoms with E-state index in [0.717, 1.165) is 25.9 Å². The molecule has 0 saturated heterocycles. The van der Waals surface area contributed by atoms with Crippen molar-refractivity contribution in [1.82, 2.24) is 9.55 Å². The molecule has 3 saturated carbocycles. The Hall–Kier alpha value is -1.47. The monoisotopic (exact) mass is 377 g/mol. The molecule has 0 aliphatic heterocycles. The Balaban J connectivity index is 1.68. The largest absolute Gasteiger partial charge is 0.416 e. The molecule has 3 aliphatic rings. The first-order valence-electron chi connectivity index (χ1n) is 9.43. The second-order valence-electron chi connectivity index (χ2n) is 9.67. The summed E-state index contributed by atoms with van der Waals surface area (Å²) in [5, 5.41) is 2.78. The number of hydrogen-bond donors (Lipinski definition) is 1. The minimum atomic E-state index is -1.75. The Kier molecular flexibility index (Phi) is 4.68. The highest BCUT2D eigenvalue weighted by Gasteiger charge is 2.57. The molecule has 26 heavy (non-hydrogen) atoms. The molecule has 1 atom stereocenters. The summed E-state index contributed by atoms with van der Waals surface area (Å²) in [5.41, 5.74) is -0.0603. The summed E-state index contributed by atoms with van der Waals surface area (Å²) in [4.78, 5) is 27.5. The van der Waals surface area contributed by atoms with Gasteiger partial charge in [0.05, 0.1) is 0 Å². The fraction of sp³-hybridized carbons (Fsp3) is 0.737. The number of amides is 1. The van der Waals surface area contributed by atoms with E-state index in [0.29, 0.717) is 11.7 Å². The number of carbonyl (C=O) groups is 1. The number of nitrogens with one attached hydrogen (secondary N) is 1. The van der Waals surface area contributed by atoms with Crippen molar-refractivity contribution >= 4 is 20.0 Å². The minimum Gasteiger partial charge on any atom is -0.416 e. The Bertz CT molecular complexity index is 760. The summed E-state index contributed by atoms with van der Waals surface area (Å²) < 4.78 is 8.23. The summed E-state index contributed by atoms with van der Waals surface area (Å²) in [7, 11) is -1.75. The van der Waals surface area contributed by atoms with Crippen molar-refractivity contribution < 1.29 is 9.22 Å². The number of hydrogen-bond acceptors (Lipinski definition) is 4.